The SMILES string of the molecule is C[C@@H](C(=O)NCC(=O)O)n1nnc2ccccc2c1=O. The number of nitrogens with one attached hydrogen (secondary N) is 1. The standard InChI is InChI=1S/C12H12N4O4/c1-7(11(19)13-6-10(17)18)16-12(20)8-4-2-3-5-9(8)14-15-16/h2-5,7H,6H2,1H3,(H,13,19)(H,17,18)/t7-/m0/s1. The van der Waals surface area contributed by atoms with Gasteiger partial charge >= 0.3 is 5.97 Å². The van der Waals surface area contributed by atoms with E-state index in [4.69, 9.17) is 5.11 Å². The molecule has 0 saturated carbocycles. The summed E-state index contributed by atoms with van der Waals surface area (Å²) in [7, 11) is 0. The summed E-state index contributed by atoms with van der Waals surface area (Å²) in [5, 5.41) is 18.6. The highest BCUT2D eigenvalue weighted by Gasteiger charge is 2.19. The van der Waals surface area contributed by atoms with Crippen LogP contribution in [0.25, 0.3) is 10.9 Å². The molecule has 0 radical (unpaired) electrons. The lowest BCUT2D eigenvalue weighted by Crippen LogP contribution is -2.39. The van der Waals surface area contributed by atoms with E-state index < -0.39 is 30.0 Å². The molecule has 1 heterocycles. The first kappa shape index (κ1) is 13.7. The summed E-state index contributed by atoms with van der Waals surface area (Å²) in [6.45, 7) is 0.932. The maximum absolute atomic E-state index is 12.2. The summed E-state index contributed by atoms with van der Waals surface area (Å²) in [6, 6.07) is 5.70. The van der Waals surface area contributed by atoms with Crippen molar-refractivity contribution in [2.24, 2.45) is 0 Å². The molecule has 2 rings (SSSR count). The minimum absolute atomic E-state index is 0.348. The third-order valence-electron chi connectivity index (χ3n) is 2.75. The van der Waals surface area contributed by atoms with Gasteiger partial charge in [0.15, 0.2) is 0 Å². The fraction of sp³-hybridized carbons (Fsp3) is 0.250. The Morgan fingerprint density at radius 2 is 2.10 bits per heavy atom. The lowest BCUT2D eigenvalue weighted by molar-refractivity contribution is -0.138. The van der Waals surface area contributed by atoms with Gasteiger partial charge in [-0.15, -0.1) is 5.10 Å². The summed E-state index contributed by atoms with van der Waals surface area (Å²) < 4.78 is 0.930. The van der Waals surface area contributed by atoms with Crippen molar-refractivity contribution in [3.8, 4) is 0 Å². The number of fused-ring (bicyclic) bond motifs is 1. The predicted octanol–water partition coefficient (Wildman–Crippen LogP) is -0.447. The van der Waals surface area contributed by atoms with E-state index >= 15 is 0 Å². The predicted molar refractivity (Wildman–Crippen MR) is 69.2 cm³/mol. The Balaban J connectivity index is 2.33. The van der Waals surface area contributed by atoms with Crippen LogP contribution in [0.1, 0.15) is 13.0 Å². The number of nitrogens with zero attached hydrogens (tertiary/aromatic N) is 3. The maximum Gasteiger partial charge on any atom is 0.322 e. The van der Waals surface area contributed by atoms with Crippen molar-refractivity contribution in [2.75, 3.05) is 6.54 Å². The number of benzene rings is 1. The van der Waals surface area contributed by atoms with Crippen LogP contribution in [0.5, 0.6) is 0 Å². The first-order valence-electron chi connectivity index (χ1n) is 5.84. The molecule has 1 amide bonds. The molecule has 0 fully saturated rings. The summed E-state index contributed by atoms with van der Waals surface area (Å²) in [6.07, 6.45) is 0. The molecule has 8 heteroatoms. The summed E-state index contributed by atoms with van der Waals surface area (Å²) >= 11 is 0. The van der Waals surface area contributed by atoms with Gasteiger partial charge in [-0.1, -0.05) is 17.3 Å². The molecule has 0 spiro atoms. The Morgan fingerprint density at radius 1 is 1.40 bits per heavy atom. The first-order valence-corrected chi connectivity index (χ1v) is 5.84. The van der Waals surface area contributed by atoms with E-state index in [1.807, 2.05) is 0 Å². The van der Waals surface area contributed by atoms with E-state index in [2.05, 4.69) is 15.6 Å². The molecule has 2 N–H and O–H groups in total. The number of rotatable bonds is 4. The van der Waals surface area contributed by atoms with Crippen molar-refractivity contribution < 1.29 is 14.7 Å². The zero-order chi connectivity index (χ0) is 14.7. The molecular formula is C12H12N4O4. The van der Waals surface area contributed by atoms with E-state index in [-0.39, 0.29) is 0 Å². The number of aliphatic carboxylic acids is 1. The fourth-order valence-corrected chi connectivity index (χ4v) is 1.68. The van der Waals surface area contributed by atoms with Crippen LogP contribution in [0.3, 0.4) is 0 Å². The Hall–Kier alpha value is -2.77. The highest BCUT2D eigenvalue weighted by molar-refractivity contribution is 5.84. The van der Waals surface area contributed by atoms with Crippen LogP contribution in [0, 0.1) is 0 Å². The van der Waals surface area contributed by atoms with Gasteiger partial charge < -0.3 is 10.4 Å². The molecule has 20 heavy (non-hydrogen) atoms. The van der Waals surface area contributed by atoms with Crippen LogP contribution in [-0.2, 0) is 9.59 Å². The second kappa shape index (κ2) is 5.47. The van der Waals surface area contributed by atoms with Gasteiger partial charge in [-0.2, -0.15) is 4.68 Å². The average molecular weight is 276 g/mol. The van der Waals surface area contributed by atoms with Crippen LogP contribution in [0.15, 0.2) is 29.1 Å². The van der Waals surface area contributed by atoms with E-state index in [1.54, 1.807) is 24.3 Å². The van der Waals surface area contributed by atoms with Crippen LogP contribution in [0.4, 0.5) is 0 Å². The molecule has 1 atom stereocenters. The first-order chi connectivity index (χ1) is 9.50. The minimum atomic E-state index is -1.16. The van der Waals surface area contributed by atoms with E-state index in [0.717, 1.165) is 4.68 Å². The highest BCUT2D eigenvalue weighted by Crippen LogP contribution is 2.06. The quantitative estimate of drug-likeness (QED) is 0.782. The second-order valence-electron chi connectivity index (χ2n) is 4.14. The molecule has 2 aromatic rings. The molecule has 0 aliphatic rings. The van der Waals surface area contributed by atoms with E-state index in [1.165, 1.54) is 6.92 Å². The highest BCUT2D eigenvalue weighted by atomic mass is 16.4. The number of hydrogen-bond donors (Lipinski definition) is 2. The van der Waals surface area contributed by atoms with Gasteiger partial charge in [-0.25, -0.2) is 0 Å². The molecule has 1 aromatic carbocycles. The average Bonchev–Trinajstić information content (AvgIpc) is 2.44. The molecule has 1 aromatic heterocycles. The van der Waals surface area contributed by atoms with Gasteiger partial charge in [-0.3, -0.25) is 14.4 Å². The number of carboxylic acids is 1. The second-order valence-corrected chi connectivity index (χ2v) is 4.14. The third-order valence-corrected chi connectivity index (χ3v) is 2.75. The van der Waals surface area contributed by atoms with Crippen LogP contribution >= 0.6 is 0 Å². The molecule has 0 unspecified atom stereocenters. The normalized spacial score (nSPS) is 12.1. The summed E-state index contributed by atoms with van der Waals surface area (Å²) in [4.78, 5) is 34.3. The third kappa shape index (κ3) is 2.63. The van der Waals surface area contributed by atoms with Crippen molar-refractivity contribution in [2.45, 2.75) is 13.0 Å². The number of carbonyl (C=O) groups is 2. The number of amides is 1. The van der Waals surface area contributed by atoms with Crippen molar-refractivity contribution in [1.82, 2.24) is 20.3 Å². The Kier molecular flexibility index (Phi) is 3.74. The molecule has 0 saturated heterocycles. The largest absolute Gasteiger partial charge is 0.480 e. The van der Waals surface area contributed by atoms with Gasteiger partial charge in [-0.05, 0) is 19.1 Å². The molecule has 104 valence electrons. The van der Waals surface area contributed by atoms with Gasteiger partial charge in [0.25, 0.3) is 5.56 Å². The zero-order valence-electron chi connectivity index (χ0n) is 10.6. The van der Waals surface area contributed by atoms with Crippen molar-refractivity contribution in [3.05, 3.63) is 34.6 Å². The van der Waals surface area contributed by atoms with Gasteiger partial charge in [0, 0.05) is 0 Å². The lowest BCUT2D eigenvalue weighted by atomic mass is 10.2. The van der Waals surface area contributed by atoms with Crippen molar-refractivity contribution >= 4 is 22.8 Å². The topological polar surface area (TPSA) is 114 Å². The molecule has 0 bridgehead atoms. The van der Waals surface area contributed by atoms with Crippen LogP contribution in [0.2, 0.25) is 0 Å². The number of carbonyl (C=O) groups excluding carboxylic acids is 1. The van der Waals surface area contributed by atoms with Crippen molar-refractivity contribution in [1.29, 1.82) is 0 Å². The number of aromatic nitrogens is 3. The zero-order valence-corrected chi connectivity index (χ0v) is 10.6. The van der Waals surface area contributed by atoms with E-state index in [0.29, 0.717) is 10.9 Å². The fourth-order valence-electron chi connectivity index (χ4n) is 1.68. The van der Waals surface area contributed by atoms with Gasteiger partial charge in [0.1, 0.15) is 18.1 Å². The number of hydrogen-bond acceptors (Lipinski definition) is 5. The van der Waals surface area contributed by atoms with E-state index in [9.17, 15) is 14.4 Å². The Bertz CT molecular complexity index is 725. The van der Waals surface area contributed by atoms with Gasteiger partial charge in [0.05, 0.1) is 5.39 Å². The maximum atomic E-state index is 12.2. The summed E-state index contributed by atoms with van der Waals surface area (Å²) in [5.74, 6) is -1.78. The Labute approximate surface area is 113 Å². The van der Waals surface area contributed by atoms with Crippen LogP contribution in [-0.4, -0.2) is 38.5 Å². The van der Waals surface area contributed by atoms with Gasteiger partial charge in [0.2, 0.25) is 5.91 Å². The molecule has 0 aliphatic carbocycles. The molecule has 8 nitrogen and oxygen atoms in total. The Morgan fingerprint density at radius 3 is 2.80 bits per heavy atom. The van der Waals surface area contributed by atoms with Crippen molar-refractivity contribution in [3.63, 3.8) is 0 Å². The minimum Gasteiger partial charge on any atom is -0.480 e. The number of carboxylic acid groups (broad SMARTS) is 1. The monoisotopic (exact) mass is 276 g/mol. The lowest BCUT2D eigenvalue weighted by Gasteiger charge is -2.12. The molecular weight excluding hydrogens is 264 g/mol. The van der Waals surface area contributed by atoms with Crippen LogP contribution < -0.4 is 10.9 Å². The summed E-state index contributed by atoms with van der Waals surface area (Å²) in [5.41, 5.74) is -0.0135. The molecule has 0 aliphatic heterocycles. The smallest absolute Gasteiger partial charge is 0.322 e.